The highest BCUT2D eigenvalue weighted by atomic mass is 16.5. The second-order valence-corrected chi connectivity index (χ2v) is 7.32. The van der Waals surface area contributed by atoms with Crippen LogP contribution in [-0.4, -0.2) is 44.7 Å². The second kappa shape index (κ2) is 9.56. The molecule has 0 saturated carbocycles. The van der Waals surface area contributed by atoms with E-state index >= 15 is 0 Å². The molecule has 1 saturated heterocycles. The SMILES string of the molecule is CC(=O)N(CCC(=O)Nc1c(C)cccc1C)c1ccccc1N1CCOCC1. The zero-order valence-corrected chi connectivity index (χ0v) is 17.4. The van der Waals surface area contributed by atoms with Crippen LogP contribution in [0, 0.1) is 13.8 Å². The fourth-order valence-corrected chi connectivity index (χ4v) is 3.64. The van der Waals surface area contributed by atoms with Crippen molar-refractivity contribution in [2.75, 3.05) is 48.0 Å². The van der Waals surface area contributed by atoms with Crippen molar-refractivity contribution in [3.63, 3.8) is 0 Å². The number of aryl methyl sites for hydroxylation is 2. The largest absolute Gasteiger partial charge is 0.378 e. The van der Waals surface area contributed by atoms with Crippen molar-refractivity contribution in [2.24, 2.45) is 0 Å². The van der Waals surface area contributed by atoms with E-state index in [1.165, 1.54) is 0 Å². The van der Waals surface area contributed by atoms with Crippen LogP contribution in [0.1, 0.15) is 24.5 Å². The fraction of sp³-hybridized carbons (Fsp3) is 0.391. The Labute approximate surface area is 172 Å². The lowest BCUT2D eigenvalue weighted by atomic mass is 10.1. The van der Waals surface area contributed by atoms with E-state index in [9.17, 15) is 9.59 Å². The molecule has 2 amide bonds. The summed E-state index contributed by atoms with van der Waals surface area (Å²) in [5.74, 6) is -0.178. The highest BCUT2D eigenvalue weighted by Crippen LogP contribution is 2.30. The average molecular weight is 396 g/mol. The number of morpholine rings is 1. The first-order valence-corrected chi connectivity index (χ1v) is 10.0. The zero-order chi connectivity index (χ0) is 20.8. The van der Waals surface area contributed by atoms with Crippen LogP contribution in [0.15, 0.2) is 42.5 Å². The highest BCUT2D eigenvalue weighted by Gasteiger charge is 2.21. The van der Waals surface area contributed by atoms with E-state index in [4.69, 9.17) is 4.74 Å². The Morgan fingerprint density at radius 1 is 1.03 bits per heavy atom. The first kappa shape index (κ1) is 20.9. The van der Waals surface area contributed by atoms with Gasteiger partial charge in [0, 0.05) is 38.7 Å². The molecule has 0 bridgehead atoms. The predicted molar refractivity (Wildman–Crippen MR) is 117 cm³/mol. The van der Waals surface area contributed by atoms with E-state index in [1.54, 1.807) is 11.8 Å². The van der Waals surface area contributed by atoms with Crippen molar-refractivity contribution in [3.8, 4) is 0 Å². The van der Waals surface area contributed by atoms with Gasteiger partial charge in [0.25, 0.3) is 0 Å². The molecule has 1 aliphatic rings. The monoisotopic (exact) mass is 395 g/mol. The number of hydrogen-bond acceptors (Lipinski definition) is 4. The lowest BCUT2D eigenvalue weighted by Gasteiger charge is -2.33. The summed E-state index contributed by atoms with van der Waals surface area (Å²) in [5, 5.41) is 3.00. The lowest BCUT2D eigenvalue weighted by Crippen LogP contribution is -2.39. The van der Waals surface area contributed by atoms with Crippen LogP contribution in [0.5, 0.6) is 0 Å². The van der Waals surface area contributed by atoms with Gasteiger partial charge in [-0.05, 0) is 37.1 Å². The molecule has 29 heavy (non-hydrogen) atoms. The molecule has 0 spiro atoms. The van der Waals surface area contributed by atoms with Gasteiger partial charge in [-0.25, -0.2) is 0 Å². The Kier molecular flexibility index (Phi) is 6.88. The van der Waals surface area contributed by atoms with Gasteiger partial charge >= 0.3 is 0 Å². The molecule has 6 nitrogen and oxygen atoms in total. The van der Waals surface area contributed by atoms with Gasteiger partial charge in [-0.3, -0.25) is 9.59 Å². The number of ether oxygens (including phenoxy) is 1. The minimum absolute atomic E-state index is 0.0782. The van der Waals surface area contributed by atoms with Crippen LogP contribution >= 0.6 is 0 Å². The standard InChI is InChI=1S/C23H29N3O3/c1-17-7-6-8-18(2)23(17)24-22(28)11-12-26(19(3)27)21-10-5-4-9-20(21)25-13-15-29-16-14-25/h4-10H,11-16H2,1-3H3,(H,24,28). The van der Waals surface area contributed by atoms with E-state index in [1.807, 2.05) is 56.3 Å². The Balaban J connectivity index is 1.73. The third kappa shape index (κ3) is 5.15. The summed E-state index contributed by atoms with van der Waals surface area (Å²) in [6.45, 7) is 8.74. The molecule has 0 aromatic heterocycles. The maximum atomic E-state index is 12.6. The molecule has 2 aromatic carbocycles. The molecule has 6 heteroatoms. The van der Waals surface area contributed by atoms with Crippen molar-refractivity contribution in [3.05, 3.63) is 53.6 Å². The summed E-state index contributed by atoms with van der Waals surface area (Å²) in [6.07, 6.45) is 0.227. The van der Waals surface area contributed by atoms with Crippen LogP contribution < -0.4 is 15.1 Å². The van der Waals surface area contributed by atoms with Crippen molar-refractivity contribution >= 4 is 28.9 Å². The van der Waals surface area contributed by atoms with Crippen LogP contribution in [0.2, 0.25) is 0 Å². The number of anilines is 3. The summed E-state index contributed by atoms with van der Waals surface area (Å²) in [7, 11) is 0. The van der Waals surface area contributed by atoms with Crippen molar-refractivity contribution in [1.29, 1.82) is 0 Å². The second-order valence-electron chi connectivity index (χ2n) is 7.32. The Hall–Kier alpha value is -2.86. The molecule has 1 N–H and O–H groups in total. The van der Waals surface area contributed by atoms with E-state index < -0.39 is 0 Å². The number of hydrogen-bond donors (Lipinski definition) is 1. The predicted octanol–water partition coefficient (Wildman–Crippen LogP) is 3.52. The maximum absolute atomic E-state index is 12.6. The minimum atomic E-state index is -0.0995. The van der Waals surface area contributed by atoms with Gasteiger partial charge < -0.3 is 19.9 Å². The van der Waals surface area contributed by atoms with Gasteiger partial charge in [-0.2, -0.15) is 0 Å². The van der Waals surface area contributed by atoms with E-state index in [0.717, 1.165) is 41.3 Å². The van der Waals surface area contributed by atoms with Crippen LogP contribution in [0.4, 0.5) is 17.1 Å². The molecule has 1 heterocycles. The molecular formula is C23H29N3O3. The van der Waals surface area contributed by atoms with Crippen LogP contribution in [-0.2, 0) is 14.3 Å². The van der Waals surface area contributed by atoms with Gasteiger partial charge in [0.2, 0.25) is 11.8 Å². The van der Waals surface area contributed by atoms with Crippen LogP contribution in [0.3, 0.4) is 0 Å². The molecule has 0 aliphatic carbocycles. The van der Waals surface area contributed by atoms with Gasteiger partial charge in [0.15, 0.2) is 0 Å². The van der Waals surface area contributed by atoms with Gasteiger partial charge in [0.05, 0.1) is 24.6 Å². The van der Waals surface area contributed by atoms with E-state index in [-0.39, 0.29) is 18.2 Å². The number of carbonyl (C=O) groups excluding carboxylic acids is 2. The van der Waals surface area contributed by atoms with Gasteiger partial charge in [0.1, 0.15) is 0 Å². The van der Waals surface area contributed by atoms with Gasteiger partial charge in [-0.15, -0.1) is 0 Å². The number of carbonyl (C=O) groups is 2. The maximum Gasteiger partial charge on any atom is 0.226 e. The summed E-state index contributed by atoms with van der Waals surface area (Å²) < 4.78 is 5.45. The van der Waals surface area contributed by atoms with Crippen LogP contribution in [0.25, 0.3) is 0 Å². The fourth-order valence-electron chi connectivity index (χ4n) is 3.64. The molecule has 2 aromatic rings. The summed E-state index contributed by atoms with van der Waals surface area (Å²) >= 11 is 0. The number of amides is 2. The lowest BCUT2D eigenvalue weighted by molar-refractivity contribution is -0.117. The first-order valence-electron chi connectivity index (χ1n) is 10.0. The topological polar surface area (TPSA) is 61.9 Å². The smallest absolute Gasteiger partial charge is 0.226 e. The number of benzene rings is 2. The normalized spacial score (nSPS) is 13.8. The summed E-state index contributed by atoms with van der Waals surface area (Å²) in [6, 6.07) is 13.8. The quantitative estimate of drug-likeness (QED) is 0.813. The zero-order valence-electron chi connectivity index (χ0n) is 17.4. The number of para-hydroxylation sites is 3. The molecule has 3 rings (SSSR count). The van der Waals surface area contributed by atoms with Crippen molar-refractivity contribution < 1.29 is 14.3 Å². The van der Waals surface area contributed by atoms with Gasteiger partial charge in [-0.1, -0.05) is 30.3 Å². The molecule has 0 atom stereocenters. The molecule has 0 radical (unpaired) electrons. The molecule has 154 valence electrons. The number of rotatable bonds is 6. The molecule has 1 fully saturated rings. The number of nitrogens with zero attached hydrogens (tertiary/aromatic N) is 2. The van der Waals surface area contributed by atoms with Crippen molar-refractivity contribution in [2.45, 2.75) is 27.2 Å². The third-order valence-corrected chi connectivity index (χ3v) is 5.21. The first-order chi connectivity index (χ1) is 14.0. The Morgan fingerprint density at radius 2 is 1.69 bits per heavy atom. The Morgan fingerprint density at radius 3 is 2.34 bits per heavy atom. The summed E-state index contributed by atoms with van der Waals surface area (Å²) in [5.41, 5.74) is 4.74. The molecular weight excluding hydrogens is 366 g/mol. The number of nitrogens with one attached hydrogen (secondary N) is 1. The molecule has 0 unspecified atom stereocenters. The van der Waals surface area contributed by atoms with E-state index in [2.05, 4.69) is 10.2 Å². The Bertz CT molecular complexity index is 855. The highest BCUT2D eigenvalue weighted by molar-refractivity contribution is 5.97. The summed E-state index contributed by atoms with van der Waals surface area (Å²) in [4.78, 5) is 28.9. The van der Waals surface area contributed by atoms with E-state index in [0.29, 0.717) is 19.8 Å². The van der Waals surface area contributed by atoms with Crippen molar-refractivity contribution in [1.82, 2.24) is 0 Å². The minimum Gasteiger partial charge on any atom is -0.378 e. The third-order valence-electron chi connectivity index (χ3n) is 5.21. The average Bonchev–Trinajstić information content (AvgIpc) is 2.72. The molecule has 1 aliphatic heterocycles.